The molecule has 0 spiro atoms. The first-order chi connectivity index (χ1) is 16.1. The van der Waals surface area contributed by atoms with Crippen molar-refractivity contribution in [1.29, 1.82) is 0 Å². The van der Waals surface area contributed by atoms with Crippen molar-refractivity contribution in [3.05, 3.63) is 24.3 Å². The fraction of sp³-hybridized carbons (Fsp3) is 0.828. The fourth-order valence-electron chi connectivity index (χ4n) is 3.83. The minimum atomic E-state index is -0.861. The van der Waals surface area contributed by atoms with Crippen molar-refractivity contribution in [1.82, 2.24) is 0 Å². The number of hydrogen-bond donors (Lipinski definition) is 2. The van der Waals surface area contributed by atoms with E-state index < -0.39 is 6.10 Å². The number of rotatable bonds is 25. The van der Waals surface area contributed by atoms with Gasteiger partial charge in [-0.15, -0.1) is 0 Å². The second-order valence-corrected chi connectivity index (χ2v) is 9.36. The van der Waals surface area contributed by atoms with Crippen LogP contribution in [0.2, 0.25) is 0 Å². The summed E-state index contributed by atoms with van der Waals surface area (Å²) in [5.74, 6) is 0.264. The second-order valence-electron chi connectivity index (χ2n) is 9.36. The highest BCUT2D eigenvalue weighted by molar-refractivity contribution is 5.78. The summed E-state index contributed by atoms with van der Waals surface area (Å²) in [5, 5.41) is 18.5. The molecule has 0 aliphatic rings. The summed E-state index contributed by atoms with van der Waals surface area (Å²) in [6, 6.07) is 0. The molecule has 2 atom stereocenters. The third kappa shape index (κ3) is 24.0. The van der Waals surface area contributed by atoms with Crippen molar-refractivity contribution in [2.24, 2.45) is 0 Å². The first-order valence-corrected chi connectivity index (χ1v) is 13.9. The van der Waals surface area contributed by atoms with E-state index in [0.717, 1.165) is 44.9 Å². The van der Waals surface area contributed by atoms with E-state index in [0.29, 0.717) is 12.8 Å². The predicted molar refractivity (Wildman–Crippen MR) is 141 cm³/mol. The molecule has 0 aliphatic heterocycles. The largest absolute Gasteiger partial charge is 0.394 e. The van der Waals surface area contributed by atoms with Gasteiger partial charge in [-0.3, -0.25) is 4.79 Å². The van der Waals surface area contributed by atoms with Crippen molar-refractivity contribution in [3.8, 4) is 0 Å². The van der Waals surface area contributed by atoms with Crippen LogP contribution in [0.25, 0.3) is 0 Å². The van der Waals surface area contributed by atoms with Gasteiger partial charge >= 0.3 is 0 Å². The zero-order valence-electron chi connectivity index (χ0n) is 21.8. The van der Waals surface area contributed by atoms with Gasteiger partial charge in [-0.1, -0.05) is 95.9 Å². The summed E-state index contributed by atoms with van der Waals surface area (Å²) < 4.78 is 5.73. The Morgan fingerprint density at radius 3 is 2.03 bits per heavy atom. The normalized spacial score (nSPS) is 13.8. The lowest BCUT2D eigenvalue weighted by Crippen LogP contribution is -2.26. The molecule has 0 rings (SSSR count). The molecule has 4 nitrogen and oxygen atoms in total. The molecular formula is C29H54O4. The van der Waals surface area contributed by atoms with E-state index in [4.69, 9.17) is 9.84 Å². The molecule has 0 aromatic heterocycles. The minimum Gasteiger partial charge on any atom is -0.394 e. The van der Waals surface area contributed by atoms with E-state index in [1.165, 1.54) is 57.8 Å². The van der Waals surface area contributed by atoms with Gasteiger partial charge in [0, 0.05) is 12.8 Å². The molecule has 2 N–H and O–H groups in total. The molecule has 0 radical (unpaired) electrons. The van der Waals surface area contributed by atoms with Gasteiger partial charge in [0.25, 0.3) is 0 Å². The fourth-order valence-corrected chi connectivity index (χ4v) is 3.83. The third-order valence-electron chi connectivity index (χ3n) is 5.98. The average molecular weight is 467 g/mol. The first-order valence-electron chi connectivity index (χ1n) is 13.9. The van der Waals surface area contributed by atoms with Crippen molar-refractivity contribution in [2.45, 2.75) is 142 Å². The SMILES string of the molecule is CCCCC/C=C\C/C=C\CCCCCCCC(=O)CC(CCCCCC)OCC(O)CO. The summed E-state index contributed by atoms with van der Waals surface area (Å²) in [7, 11) is 0. The standard InChI is InChI=1S/C29H54O4/c1-3-5-7-9-10-11-12-13-14-15-16-17-18-19-20-22-27(31)24-29(23-21-8-6-4-2)33-26-28(32)25-30/h10-11,13-14,28-30,32H,3-9,12,15-26H2,1-2H3/b11-10-,14-13-. The third-order valence-corrected chi connectivity index (χ3v) is 5.98. The van der Waals surface area contributed by atoms with E-state index in [1.54, 1.807) is 0 Å². The van der Waals surface area contributed by atoms with Gasteiger partial charge in [0.2, 0.25) is 0 Å². The lowest BCUT2D eigenvalue weighted by Gasteiger charge is -2.19. The van der Waals surface area contributed by atoms with Crippen LogP contribution >= 0.6 is 0 Å². The Kier molecular flexibility index (Phi) is 24.9. The number of carbonyl (C=O) groups is 1. The van der Waals surface area contributed by atoms with Gasteiger partial charge in [0.05, 0.1) is 19.3 Å². The van der Waals surface area contributed by atoms with Crippen LogP contribution in [0.5, 0.6) is 0 Å². The number of ketones is 1. The van der Waals surface area contributed by atoms with Crippen LogP contribution in [0, 0.1) is 0 Å². The quantitative estimate of drug-likeness (QED) is 0.108. The molecule has 0 amide bonds. The zero-order valence-corrected chi connectivity index (χ0v) is 21.8. The molecule has 0 aromatic rings. The van der Waals surface area contributed by atoms with Gasteiger partial charge in [-0.2, -0.15) is 0 Å². The van der Waals surface area contributed by atoms with E-state index in [1.807, 2.05) is 0 Å². The molecule has 0 fully saturated rings. The summed E-state index contributed by atoms with van der Waals surface area (Å²) in [5.41, 5.74) is 0. The van der Waals surface area contributed by atoms with E-state index in [-0.39, 0.29) is 25.1 Å². The zero-order chi connectivity index (χ0) is 24.4. The molecule has 0 saturated heterocycles. The summed E-state index contributed by atoms with van der Waals surface area (Å²) >= 11 is 0. The molecule has 4 heteroatoms. The van der Waals surface area contributed by atoms with Crippen LogP contribution in [-0.4, -0.2) is 41.4 Å². The number of allylic oxidation sites excluding steroid dienone is 4. The van der Waals surface area contributed by atoms with Crippen molar-refractivity contribution in [3.63, 3.8) is 0 Å². The number of Topliss-reactive ketones (excluding diaryl/α,β-unsaturated/α-hetero) is 1. The van der Waals surface area contributed by atoms with Crippen LogP contribution in [-0.2, 0) is 9.53 Å². The molecule has 0 saturated carbocycles. The Balaban J connectivity index is 3.79. The number of aliphatic hydroxyl groups is 2. The van der Waals surface area contributed by atoms with Crippen LogP contribution in [0.3, 0.4) is 0 Å². The maximum Gasteiger partial charge on any atom is 0.135 e. The predicted octanol–water partition coefficient (Wildman–Crippen LogP) is 7.47. The summed E-state index contributed by atoms with van der Waals surface area (Å²) in [6.45, 7) is 4.22. The first kappa shape index (κ1) is 32.0. The monoisotopic (exact) mass is 466 g/mol. The molecule has 0 heterocycles. The Bertz CT molecular complexity index is 472. The molecule has 33 heavy (non-hydrogen) atoms. The van der Waals surface area contributed by atoms with Crippen LogP contribution < -0.4 is 0 Å². The van der Waals surface area contributed by atoms with Crippen molar-refractivity contribution < 1.29 is 19.7 Å². The Morgan fingerprint density at radius 1 is 0.788 bits per heavy atom. The van der Waals surface area contributed by atoms with Crippen LogP contribution in [0.1, 0.15) is 129 Å². The topological polar surface area (TPSA) is 66.8 Å². The van der Waals surface area contributed by atoms with Gasteiger partial charge in [-0.05, 0) is 44.9 Å². The number of carbonyl (C=O) groups excluding carboxylic acids is 1. The van der Waals surface area contributed by atoms with Crippen molar-refractivity contribution in [2.75, 3.05) is 13.2 Å². The number of unbranched alkanes of at least 4 members (excludes halogenated alkanes) is 11. The van der Waals surface area contributed by atoms with E-state index >= 15 is 0 Å². The number of aliphatic hydroxyl groups excluding tert-OH is 2. The van der Waals surface area contributed by atoms with Crippen molar-refractivity contribution >= 4 is 5.78 Å². The molecule has 2 unspecified atom stereocenters. The average Bonchev–Trinajstić information content (AvgIpc) is 2.82. The smallest absolute Gasteiger partial charge is 0.135 e. The lowest BCUT2D eigenvalue weighted by atomic mass is 10.0. The second kappa shape index (κ2) is 25.6. The van der Waals surface area contributed by atoms with Crippen LogP contribution in [0.4, 0.5) is 0 Å². The maximum absolute atomic E-state index is 12.4. The highest BCUT2D eigenvalue weighted by Gasteiger charge is 2.16. The van der Waals surface area contributed by atoms with Gasteiger partial charge < -0.3 is 14.9 Å². The molecule has 0 aromatic carbocycles. The van der Waals surface area contributed by atoms with E-state index in [9.17, 15) is 9.90 Å². The number of hydrogen-bond acceptors (Lipinski definition) is 4. The highest BCUT2D eigenvalue weighted by atomic mass is 16.5. The molecular weight excluding hydrogens is 412 g/mol. The summed E-state index contributed by atoms with van der Waals surface area (Å²) in [6.07, 6.45) is 27.7. The summed E-state index contributed by atoms with van der Waals surface area (Å²) in [4.78, 5) is 12.4. The Labute approximate surface area is 204 Å². The van der Waals surface area contributed by atoms with Gasteiger partial charge in [0.1, 0.15) is 11.9 Å². The molecule has 0 aliphatic carbocycles. The van der Waals surface area contributed by atoms with Crippen LogP contribution in [0.15, 0.2) is 24.3 Å². The minimum absolute atomic E-state index is 0.103. The molecule has 0 bridgehead atoms. The number of ether oxygens (including phenoxy) is 1. The lowest BCUT2D eigenvalue weighted by molar-refractivity contribution is -0.123. The van der Waals surface area contributed by atoms with Gasteiger partial charge in [0.15, 0.2) is 0 Å². The van der Waals surface area contributed by atoms with Gasteiger partial charge in [-0.25, -0.2) is 0 Å². The van der Waals surface area contributed by atoms with E-state index in [2.05, 4.69) is 38.2 Å². The Morgan fingerprint density at radius 2 is 1.36 bits per heavy atom. The Hall–Kier alpha value is -0.970. The highest BCUT2D eigenvalue weighted by Crippen LogP contribution is 2.15. The molecule has 194 valence electrons. The maximum atomic E-state index is 12.4.